The zero-order chi connectivity index (χ0) is 20.5. The van der Waals surface area contributed by atoms with Gasteiger partial charge in [0.2, 0.25) is 15.9 Å². The molecule has 0 bridgehead atoms. The molecule has 0 fully saturated rings. The molecule has 2 heterocycles. The number of rotatable bonds is 6. The number of fused-ring (bicyclic) bond motifs is 1. The normalized spacial score (nSPS) is 11.9. The van der Waals surface area contributed by atoms with Gasteiger partial charge in [0.05, 0.1) is 16.6 Å². The molecule has 0 radical (unpaired) electrons. The molecule has 3 aromatic rings. The first kappa shape index (κ1) is 20.2. The van der Waals surface area contributed by atoms with E-state index in [-0.39, 0.29) is 17.0 Å². The van der Waals surface area contributed by atoms with Gasteiger partial charge in [-0.2, -0.15) is 0 Å². The van der Waals surface area contributed by atoms with Crippen LogP contribution in [-0.4, -0.2) is 42.3 Å². The third-order valence-corrected chi connectivity index (χ3v) is 7.16. The van der Waals surface area contributed by atoms with Crippen molar-refractivity contribution < 1.29 is 13.2 Å². The van der Waals surface area contributed by atoms with Crippen LogP contribution in [0.4, 0.5) is 5.69 Å². The predicted octanol–water partition coefficient (Wildman–Crippen LogP) is 1.91. The van der Waals surface area contributed by atoms with Crippen LogP contribution in [0.15, 0.2) is 46.3 Å². The first-order valence-electron chi connectivity index (χ1n) is 8.52. The Morgan fingerprint density at radius 3 is 2.54 bits per heavy atom. The number of carbonyl (C=O) groups excluding carboxylic acids is 1. The van der Waals surface area contributed by atoms with Gasteiger partial charge in [-0.25, -0.2) is 17.7 Å². The summed E-state index contributed by atoms with van der Waals surface area (Å²) in [4.78, 5) is 31.0. The summed E-state index contributed by atoms with van der Waals surface area (Å²) in [6, 6.07) is 7.66. The molecule has 0 saturated heterocycles. The summed E-state index contributed by atoms with van der Waals surface area (Å²) in [7, 11) is -0.632. The molecular weight excluding hydrogens is 400 g/mol. The fourth-order valence-electron chi connectivity index (χ4n) is 2.57. The number of hydrogen-bond acceptors (Lipinski definition) is 6. The van der Waals surface area contributed by atoms with E-state index in [0.29, 0.717) is 15.9 Å². The van der Waals surface area contributed by atoms with E-state index >= 15 is 0 Å². The van der Waals surface area contributed by atoms with Gasteiger partial charge in [-0.3, -0.25) is 14.2 Å². The second kappa shape index (κ2) is 7.82. The fourth-order valence-corrected chi connectivity index (χ4v) is 4.40. The molecule has 148 valence electrons. The summed E-state index contributed by atoms with van der Waals surface area (Å²) in [6.45, 7) is 1.82. The van der Waals surface area contributed by atoms with Crippen molar-refractivity contribution in [3.8, 4) is 0 Å². The zero-order valence-electron chi connectivity index (χ0n) is 15.7. The number of thiophene rings is 1. The van der Waals surface area contributed by atoms with Gasteiger partial charge >= 0.3 is 0 Å². The Morgan fingerprint density at radius 1 is 1.25 bits per heavy atom. The van der Waals surface area contributed by atoms with Crippen LogP contribution in [0.3, 0.4) is 0 Å². The topological polar surface area (TPSA) is 101 Å². The molecular formula is C18H20N4O4S2. The largest absolute Gasteiger partial charge is 0.325 e. The van der Waals surface area contributed by atoms with Gasteiger partial charge in [0, 0.05) is 24.7 Å². The predicted molar refractivity (Wildman–Crippen MR) is 109 cm³/mol. The standard InChI is InChI=1S/C18H20N4O4S2/c1-4-13-9-15-17(27-13)19-11-22(18(15)24)10-16(23)20-12-5-7-14(8-6-12)28(25,26)21(2)3/h5-9,11H,4,10H2,1-3H3,(H,20,23). The number of carbonyl (C=O) groups is 1. The van der Waals surface area contributed by atoms with Crippen molar-refractivity contribution in [1.29, 1.82) is 0 Å². The number of anilines is 1. The highest BCUT2D eigenvalue weighted by molar-refractivity contribution is 7.89. The van der Waals surface area contributed by atoms with Crippen molar-refractivity contribution in [2.75, 3.05) is 19.4 Å². The van der Waals surface area contributed by atoms with Crippen LogP contribution in [-0.2, 0) is 27.8 Å². The Morgan fingerprint density at radius 2 is 1.93 bits per heavy atom. The van der Waals surface area contributed by atoms with E-state index < -0.39 is 15.9 Å². The lowest BCUT2D eigenvalue weighted by molar-refractivity contribution is -0.116. The zero-order valence-corrected chi connectivity index (χ0v) is 17.3. The van der Waals surface area contributed by atoms with Gasteiger partial charge in [-0.1, -0.05) is 6.92 Å². The smallest absolute Gasteiger partial charge is 0.262 e. The van der Waals surface area contributed by atoms with Crippen LogP contribution in [0.2, 0.25) is 0 Å². The summed E-state index contributed by atoms with van der Waals surface area (Å²) in [5, 5.41) is 3.17. The molecule has 0 aliphatic heterocycles. The summed E-state index contributed by atoms with van der Waals surface area (Å²) >= 11 is 1.47. The monoisotopic (exact) mass is 420 g/mol. The average molecular weight is 421 g/mol. The van der Waals surface area contributed by atoms with E-state index in [1.807, 2.05) is 13.0 Å². The number of aryl methyl sites for hydroxylation is 1. The maximum atomic E-state index is 12.5. The molecule has 8 nitrogen and oxygen atoms in total. The molecule has 10 heteroatoms. The molecule has 0 spiro atoms. The first-order chi connectivity index (χ1) is 13.2. The van der Waals surface area contributed by atoms with Crippen LogP contribution in [0.5, 0.6) is 0 Å². The Bertz CT molecular complexity index is 1180. The highest BCUT2D eigenvalue weighted by Gasteiger charge is 2.17. The highest BCUT2D eigenvalue weighted by atomic mass is 32.2. The maximum Gasteiger partial charge on any atom is 0.262 e. The summed E-state index contributed by atoms with van der Waals surface area (Å²) < 4.78 is 26.5. The minimum absolute atomic E-state index is 0.130. The molecule has 28 heavy (non-hydrogen) atoms. The highest BCUT2D eigenvalue weighted by Crippen LogP contribution is 2.21. The quantitative estimate of drug-likeness (QED) is 0.656. The minimum atomic E-state index is -3.53. The lowest BCUT2D eigenvalue weighted by atomic mass is 10.3. The molecule has 3 rings (SSSR count). The van der Waals surface area contributed by atoms with Crippen LogP contribution in [0.1, 0.15) is 11.8 Å². The van der Waals surface area contributed by atoms with Crippen molar-refractivity contribution in [1.82, 2.24) is 13.9 Å². The number of amides is 1. The number of hydrogen-bond donors (Lipinski definition) is 1. The summed E-state index contributed by atoms with van der Waals surface area (Å²) in [6.07, 6.45) is 2.19. The van der Waals surface area contributed by atoms with Gasteiger partial charge < -0.3 is 5.32 Å². The van der Waals surface area contributed by atoms with Gasteiger partial charge in [-0.15, -0.1) is 11.3 Å². The molecule has 1 amide bonds. The molecule has 1 N–H and O–H groups in total. The minimum Gasteiger partial charge on any atom is -0.325 e. The number of benzene rings is 1. The van der Waals surface area contributed by atoms with Gasteiger partial charge in [0.15, 0.2) is 0 Å². The van der Waals surface area contributed by atoms with Crippen molar-refractivity contribution in [3.63, 3.8) is 0 Å². The Balaban J connectivity index is 1.75. The number of nitrogens with zero attached hydrogens (tertiary/aromatic N) is 3. The van der Waals surface area contributed by atoms with Crippen molar-refractivity contribution in [2.24, 2.45) is 0 Å². The molecule has 0 saturated carbocycles. The molecule has 1 aromatic carbocycles. The van der Waals surface area contributed by atoms with Crippen LogP contribution in [0.25, 0.3) is 10.2 Å². The number of sulfonamides is 1. The lowest BCUT2D eigenvalue weighted by Crippen LogP contribution is -2.27. The molecule has 0 unspecified atom stereocenters. The van der Waals surface area contributed by atoms with Crippen molar-refractivity contribution in [2.45, 2.75) is 24.8 Å². The van der Waals surface area contributed by atoms with Crippen molar-refractivity contribution in [3.05, 3.63) is 51.9 Å². The van der Waals surface area contributed by atoms with E-state index in [4.69, 9.17) is 0 Å². The van der Waals surface area contributed by atoms with E-state index in [2.05, 4.69) is 10.3 Å². The number of nitrogens with one attached hydrogen (secondary N) is 1. The van der Waals surface area contributed by atoms with E-state index in [0.717, 1.165) is 15.6 Å². The van der Waals surface area contributed by atoms with Crippen LogP contribution >= 0.6 is 11.3 Å². The second-order valence-electron chi connectivity index (χ2n) is 6.32. The Hall–Kier alpha value is -2.56. The third-order valence-electron chi connectivity index (χ3n) is 4.15. The van der Waals surface area contributed by atoms with E-state index in [1.54, 1.807) is 0 Å². The third kappa shape index (κ3) is 3.98. The van der Waals surface area contributed by atoms with Gasteiger partial charge in [0.1, 0.15) is 11.4 Å². The van der Waals surface area contributed by atoms with E-state index in [1.165, 1.54) is 60.6 Å². The van der Waals surface area contributed by atoms with E-state index in [9.17, 15) is 18.0 Å². The molecule has 2 aromatic heterocycles. The Kier molecular flexibility index (Phi) is 5.64. The summed E-state index contributed by atoms with van der Waals surface area (Å²) in [5.41, 5.74) is 0.178. The lowest BCUT2D eigenvalue weighted by Gasteiger charge is -2.12. The molecule has 0 aliphatic rings. The van der Waals surface area contributed by atoms with Crippen LogP contribution in [0, 0.1) is 0 Å². The second-order valence-corrected chi connectivity index (χ2v) is 9.59. The maximum absolute atomic E-state index is 12.5. The average Bonchev–Trinajstić information content (AvgIpc) is 3.08. The Labute approximate surface area is 166 Å². The molecule has 0 atom stereocenters. The summed E-state index contributed by atoms with van der Waals surface area (Å²) in [5.74, 6) is -0.405. The van der Waals surface area contributed by atoms with Crippen molar-refractivity contribution >= 4 is 43.2 Å². The van der Waals surface area contributed by atoms with Gasteiger partial charge in [0.25, 0.3) is 5.56 Å². The van der Waals surface area contributed by atoms with Gasteiger partial charge in [-0.05, 0) is 36.8 Å². The molecule has 0 aliphatic carbocycles. The first-order valence-corrected chi connectivity index (χ1v) is 10.8. The SMILES string of the molecule is CCc1cc2c(=O)n(CC(=O)Nc3ccc(S(=O)(=O)N(C)C)cc3)cnc2s1. The number of aromatic nitrogens is 2. The van der Waals surface area contributed by atoms with Crippen LogP contribution < -0.4 is 10.9 Å². The fraction of sp³-hybridized carbons (Fsp3) is 0.278.